The van der Waals surface area contributed by atoms with Gasteiger partial charge in [-0.2, -0.15) is 10.5 Å². The number of hydrogen-bond donors (Lipinski definition) is 1. The van der Waals surface area contributed by atoms with Crippen LogP contribution in [0.4, 0.5) is 0 Å². The van der Waals surface area contributed by atoms with E-state index in [2.05, 4.69) is 33.1 Å². The highest BCUT2D eigenvalue weighted by molar-refractivity contribution is 9.10. The molecule has 0 aliphatic rings. The van der Waals surface area contributed by atoms with Crippen LogP contribution in [0, 0.1) is 28.6 Å². The van der Waals surface area contributed by atoms with Gasteiger partial charge in [-0.3, -0.25) is 0 Å². The van der Waals surface area contributed by atoms with Crippen LogP contribution in [0.3, 0.4) is 0 Å². The second-order valence-corrected chi connectivity index (χ2v) is 5.88. The van der Waals surface area contributed by atoms with Gasteiger partial charge in [-0.15, -0.1) is 0 Å². The Hall–Kier alpha value is -2.56. The Morgan fingerprint density at radius 1 is 0.909 bits per heavy atom. The second-order valence-electron chi connectivity index (χ2n) is 5.02. The number of fused-ring (bicyclic) bond motifs is 1. The molecular formula is C18H12BrN3. The van der Waals surface area contributed by atoms with Gasteiger partial charge in [0.25, 0.3) is 0 Å². The molecule has 0 saturated heterocycles. The van der Waals surface area contributed by atoms with Gasteiger partial charge in [0.1, 0.15) is 5.92 Å². The number of benzene rings is 2. The smallest absolute Gasteiger partial charge is 0.144 e. The summed E-state index contributed by atoms with van der Waals surface area (Å²) in [6.45, 7) is 0. The van der Waals surface area contributed by atoms with Crippen LogP contribution in [0.5, 0.6) is 0 Å². The van der Waals surface area contributed by atoms with Crippen molar-refractivity contribution in [1.82, 2.24) is 4.98 Å². The Kier molecular flexibility index (Phi) is 3.96. The maximum atomic E-state index is 9.42. The molecule has 3 nitrogen and oxygen atoms in total. The Labute approximate surface area is 136 Å². The normalized spacial score (nSPS) is 12.0. The van der Waals surface area contributed by atoms with Gasteiger partial charge in [0.15, 0.2) is 0 Å². The van der Waals surface area contributed by atoms with Crippen molar-refractivity contribution in [2.24, 2.45) is 5.92 Å². The van der Waals surface area contributed by atoms with E-state index in [1.165, 1.54) is 0 Å². The number of nitriles is 2. The molecule has 0 saturated carbocycles. The molecule has 106 valence electrons. The van der Waals surface area contributed by atoms with Gasteiger partial charge in [0, 0.05) is 27.5 Å². The van der Waals surface area contributed by atoms with Crippen LogP contribution in [0.15, 0.2) is 59.2 Å². The minimum Gasteiger partial charge on any atom is -0.361 e. The first-order valence-corrected chi connectivity index (χ1v) is 7.65. The molecule has 1 unspecified atom stereocenters. The Balaban J connectivity index is 2.25. The van der Waals surface area contributed by atoms with Crippen molar-refractivity contribution >= 4 is 26.8 Å². The predicted octanol–water partition coefficient (Wildman–Crippen LogP) is 4.73. The van der Waals surface area contributed by atoms with Crippen molar-refractivity contribution in [3.63, 3.8) is 0 Å². The van der Waals surface area contributed by atoms with Gasteiger partial charge in [-0.25, -0.2) is 0 Å². The fraction of sp³-hybridized carbons (Fsp3) is 0.111. The van der Waals surface area contributed by atoms with E-state index in [4.69, 9.17) is 0 Å². The van der Waals surface area contributed by atoms with Crippen LogP contribution < -0.4 is 0 Å². The summed E-state index contributed by atoms with van der Waals surface area (Å²) in [4.78, 5) is 3.23. The highest BCUT2D eigenvalue weighted by atomic mass is 79.9. The van der Waals surface area contributed by atoms with E-state index in [0.717, 1.165) is 26.5 Å². The molecule has 0 spiro atoms. The van der Waals surface area contributed by atoms with Crippen molar-refractivity contribution in [2.45, 2.75) is 5.92 Å². The predicted molar refractivity (Wildman–Crippen MR) is 89.0 cm³/mol. The zero-order valence-corrected chi connectivity index (χ0v) is 13.2. The maximum Gasteiger partial charge on any atom is 0.144 e. The van der Waals surface area contributed by atoms with E-state index in [0.29, 0.717) is 0 Å². The molecule has 0 bridgehead atoms. The van der Waals surface area contributed by atoms with Gasteiger partial charge < -0.3 is 4.98 Å². The van der Waals surface area contributed by atoms with E-state index in [1.54, 1.807) is 0 Å². The molecule has 1 heterocycles. The molecule has 0 aliphatic heterocycles. The highest BCUT2D eigenvalue weighted by Gasteiger charge is 2.28. The molecule has 1 aromatic heterocycles. The van der Waals surface area contributed by atoms with E-state index in [1.807, 2.05) is 54.7 Å². The molecule has 1 N–H and O–H groups in total. The number of para-hydroxylation sites is 1. The molecule has 0 aliphatic carbocycles. The van der Waals surface area contributed by atoms with Gasteiger partial charge in [-0.1, -0.05) is 52.3 Å². The van der Waals surface area contributed by atoms with Crippen molar-refractivity contribution in [3.8, 4) is 12.1 Å². The zero-order valence-electron chi connectivity index (χ0n) is 11.6. The van der Waals surface area contributed by atoms with Crippen LogP contribution in [0.25, 0.3) is 10.9 Å². The summed E-state index contributed by atoms with van der Waals surface area (Å²) >= 11 is 3.54. The lowest BCUT2D eigenvalue weighted by molar-refractivity contribution is 0.711. The summed E-state index contributed by atoms with van der Waals surface area (Å²) in [7, 11) is 0. The molecule has 4 heteroatoms. The largest absolute Gasteiger partial charge is 0.361 e. The first kappa shape index (κ1) is 14.4. The molecule has 2 aromatic carbocycles. The van der Waals surface area contributed by atoms with Crippen LogP contribution in [0.1, 0.15) is 17.0 Å². The first-order chi connectivity index (χ1) is 10.8. The lowest BCUT2D eigenvalue weighted by Gasteiger charge is -2.19. The lowest BCUT2D eigenvalue weighted by atomic mass is 9.82. The summed E-state index contributed by atoms with van der Waals surface area (Å²) in [5.74, 6) is -1.06. The average Bonchev–Trinajstić information content (AvgIpc) is 2.97. The topological polar surface area (TPSA) is 63.4 Å². The van der Waals surface area contributed by atoms with Crippen molar-refractivity contribution in [1.29, 1.82) is 10.5 Å². The van der Waals surface area contributed by atoms with E-state index in [9.17, 15) is 10.5 Å². The molecule has 3 aromatic rings. The van der Waals surface area contributed by atoms with Crippen molar-refractivity contribution in [3.05, 3.63) is 70.3 Å². The van der Waals surface area contributed by atoms with E-state index in [-0.39, 0.29) is 5.92 Å². The maximum absolute atomic E-state index is 9.42. The molecule has 0 fully saturated rings. The number of nitrogens with zero attached hydrogens (tertiary/aromatic N) is 2. The third-order valence-electron chi connectivity index (χ3n) is 3.81. The van der Waals surface area contributed by atoms with Crippen molar-refractivity contribution < 1.29 is 0 Å². The first-order valence-electron chi connectivity index (χ1n) is 6.86. The van der Waals surface area contributed by atoms with Crippen LogP contribution in [0.2, 0.25) is 0 Å². The van der Waals surface area contributed by atoms with Gasteiger partial charge in [0.05, 0.1) is 12.1 Å². The molecular weight excluding hydrogens is 338 g/mol. The average molecular weight is 350 g/mol. The minimum absolute atomic E-state index is 0.304. The van der Waals surface area contributed by atoms with E-state index >= 15 is 0 Å². The summed E-state index contributed by atoms with van der Waals surface area (Å²) < 4.78 is 0.904. The van der Waals surface area contributed by atoms with Crippen LogP contribution in [-0.2, 0) is 0 Å². The summed E-state index contributed by atoms with van der Waals surface area (Å²) in [5.41, 5.74) is 2.92. The van der Waals surface area contributed by atoms with Gasteiger partial charge >= 0.3 is 0 Å². The number of aromatic amines is 1. The van der Waals surface area contributed by atoms with Crippen molar-refractivity contribution in [2.75, 3.05) is 0 Å². The Morgan fingerprint density at radius 3 is 2.32 bits per heavy atom. The fourth-order valence-electron chi connectivity index (χ4n) is 2.78. The number of halogens is 1. The number of rotatable bonds is 3. The molecule has 0 amide bonds. The summed E-state index contributed by atoms with van der Waals surface area (Å²) in [6.07, 6.45) is 1.90. The number of H-pyrrole nitrogens is 1. The number of aromatic nitrogens is 1. The third-order valence-corrected chi connectivity index (χ3v) is 4.53. The second kappa shape index (κ2) is 6.05. The van der Waals surface area contributed by atoms with Crippen LogP contribution in [-0.4, -0.2) is 4.98 Å². The zero-order chi connectivity index (χ0) is 15.5. The Morgan fingerprint density at radius 2 is 1.59 bits per heavy atom. The number of hydrogen-bond acceptors (Lipinski definition) is 2. The lowest BCUT2D eigenvalue weighted by Crippen LogP contribution is -2.11. The minimum atomic E-state index is -0.752. The van der Waals surface area contributed by atoms with Gasteiger partial charge in [-0.05, 0) is 23.3 Å². The van der Waals surface area contributed by atoms with Gasteiger partial charge in [0.2, 0.25) is 0 Å². The molecule has 22 heavy (non-hydrogen) atoms. The molecule has 1 atom stereocenters. The van der Waals surface area contributed by atoms with E-state index < -0.39 is 5.92 Å². The molecule has 3 rings (SSSR count). The SMILES string of the molecule is N#CC(C#N)C(c1ccccc1Br)c1c[nH]c2ccccc12. The highest BCUT2D eigenvalue weighted by Crippen LogP contribution is 2.39. The molecule has 0 radical (unpaired) electrons. The fourth-order valence-corrected chi connectivity index (χ4v) is 3.31. The standard InChI is InChI=1S/C18H12BrN3/c19-16-7-3-1-6-14(16)18(12(9-20)10-21)15-11-22-17-8-4-2-5-13(15)17/h1-8,11-12,18,22H. The summed E-state index contributed by atoms with van der Waals surface area (Å²) in [5, 5.41) is 19.9. The monoisotopic (exact) mass is 349 g/mol. The quantitative estimate of drug-likeness (QED) is 0.742. The summed E-state index contributed by atoms with van der Waals surface area (Å²) in [6, 6.07) is 19.9. The Bertz CT molecular complexity index is 884. The van der Waals surface area contributed by atoms with Crippen LogP contribution >= 0.6 is 15.9 Å². The third kappa shape index (κ3) is 2.39. The number of nitrogens with one attached hydrogen (secondary N) is 1.